The number of carbonyl (C=O) groups is 1. The summed E-state index contributed by atoms with van der Waals surface area (Å²) in [6.45, 7) is 0. The molecule has 2 N–H and O–H groups in total. The van der Waals surface area contributed by atoms with Gasteiger partial charge in [0.05, 0.1) is 6.10 Å². The third-order valence-electron chi connectivity index (χ3n) is 3.25. The number of aliphatic hydroxyl groups is 1. The number of nitrogens with one attached hydrogen (secondary N) is 1. The van der Waals surface area contributed by atoms with Gasteiger partial charge in [0, 0.05) is 17.7 Å². The Kier molecular flexibility index (Phi) is 3.91. The lowest BCUT2D eigenvalue weighted by atomic mass is 9.87. The van der Waals surface area contributed by atoms with E-state index in [0.29, 0.717) is 25.7 Å². The van der Waals surface area contributed by atoms with Crippen molar-refractivity contribution in [3.8, 4) is 0 Å². The van der Waals surface area contributed by atoms with Gasteiger partial charge in [-0.3, -0.25) is 4.79 Å². The van der Waals surface area contributed by atoms with Crippen LogP contribution in [0.25, 0.3) is 0 Å². The van der Waals surface area contributed by atoms with Crippen LogP contribution in [0.5, 0.6) is 0 Å². The van der Waals surface area contributed by atoms with Gasteiger partial charge < -0.3 is 10.4 Å². The summed E-state index contributed by atoms with van der Waals surface area (Å²) in [7, 11) is 0. The molecule has 1 amide bonds. The van der Waals surface area contributed by atoms with Crippen LogP contribution in [0.3, 0.4) is 0 Å². The maximum absolute atomic E-state index is 13.0. The van der Waals surface area contributed by atoms with E-state index in [2.05, 4.69) is 5.32 Å². The maximum atomic E-state index is 13.0. The summed E-state index contributed by atoms with van der Waals surface area (Å²) in [4.78, 5) is 11.9. The molecule has 0 aliphatic heterocycles. The van der Waals surface area contributed by atoms with Crippen LogP contribution >= 0.6 is 0 Å². The SMILES string of the molecule is O=C(Nc1ccc(F)c(F)c1)C1CCC(O)CC1. The lowest BCUT2D eigenvalue weighted by Crippen LogP contribution is -2.28. The van der Waals surface area contributed by atoms with Crippen molar-refractivity contribution >= 4 is 11.6 Å². The van der Waals surface area contributed by atoms with Crippen LogP contribution in [0.2, 0.25) is 0 Å². The predicted octanol–water partition coefficient (Wildman–Crippen LogP) is 2.45. The van der Waals surface area contributed by atoms with E-state index in [9.17, 15) is 18.7 Å². The Bertz CT molecular complexity index is 443. The summed E-state index contributed by atoms with van der Waals surface area (Å²) < 4.78 is 25.7. The number of aliphatic hydroxyl groups excluding tert-OH is 1. The monoisotopic (exact) mass is 255 g/mol. The van der Waals surface area contributed by atoms with Crippen LogP contribution < -0.4 is 5.32 Å². The Labute approximate surface area is 104 Å². The standard InChI is InChI=1S/C13H15F2NO2/c14-11-6-3-9(7-12(11)15)16-13(18)8-1-4-10(17)5-2-8/h3,6-8,10,17H,1-2,4-5H2,(H,16,18). The van der Waals surface area contributed by atoms with Crippen molar-refractivity contribution in [2.45, 2.75) is 31.8 Å². The first kappa shape index (κ1) is 13.0. The number of hydrogen-bond acceptors (Lipinski definition) is 2. The molecule has 0 saturated heterocycles. The number of rotatable bonds is 2. The zero-order valence-electron chi connectivity index (χ0n) is 9.83. The molecular formula is C13H15F2NO2. The van der Waals surface area contributed by atoms with E-state index < -0.39 is 11.6 Å². The number of hydrogen-bond donors (Lipinski definition) is 2. The molecule has 2 rings (SSSR count). The van der Waals surface area contributed by atoms with Crippen molar-refractivity contribution in [1.82, 2.24) is 0 Å². The highest BCUT2D eigenvalue weighted by Crippen LogP contribution is 2.25. The number of amides is 1. The zero-order valence-corrected chi connectivity index (χ0v) is 9.83. The van der Waals surface area contributed by atoms with E-state index in [1.807, 2.05) is 0 Å². The largest absolute Gasteiger partial charge is 0.393 e. The maximum Gasteiger partial charge on any atom is 0.227 e. The van der Waals surface area contributed by atoms with Gasteiger partial charge in [-0.05, 0) is 37.8 Å². The van der Waals surface area contributed by atoms with E-state index in [0.717, 1.165) is 12.1 Å². The van der Waals surface area contributed by atoms with Crippen molar-refractivity contribution in [1.29, 1.82) is 0 Å². The van der Waals surface area contributed by atoms with Crippen LogP contribution in [-0.2, 0) is 4.79 Å². The molecule has 0 aromatic heterocycles. The van der Waals surface area contributed by atoms with E-state index in [1.165, 1.54) is 6.07 Å². The van der Waals surface area contributed by atoms with E-state index in [1.54, 1.807) is 0 Å². The normalized spacial score (nSPS) is 23.7. The Morgan fingerprint density at radius 1 is 1.17 bits per heavy atom. The topological polar surface area (TPSA) is 49.3 Å². The van der Waals surface area contributed by atoms with Crippen LogP contribution in [0.15, 0.2) is 18.2 Å². The number of halogens is 2. The van der Waals surface area contributed by atoms with E-state index in [4.69, 9.17) is 0 Å². The van der Waals surface area contributed by atoms with E-state index >= 15 is 0 Å². The third kappa shape index (κ3) is 3.04. The summed E-state index contributed by atoms with van der Waals surface area (Å²) >= 11 is 0. The van der Waals surface area contributed by atoms with Gasteiger partial charge in [0.1, 0.15) is 0 Å². The Balaban J connectivity index is 1.96. The van der Waals surface area contributed by atoms with Gasteiger partial charge in [-0.15, -0.1) is 0 Å². The highest BCUT2D eigenvalue weighted by atomic mass is 19.2. The molecule has 1 aliphatic rings. The molecule has 1 aromatic carbocycles. The Hall–Kier alpha value is -1.49. The fourth-order valence-corrected chi connectivity index (χ4v) is 2.16. The van der Waals surface area contributed by atoms with Crippen molar-refractivity contribution in [3.05, 3.63) is 29.8 Å². The van der Waals surface area contributed by atoms with Crippen molar-refractivity contribution in [2.24, 2.45) is 5.92 Å². The molecule has 98 valence electrons. The summed E-state index contributed by atoms with van der Waals surface area (Å²) in [6.07, 6.45) is 2.14. The van der Waals surface area contributed by atoms with Gasteiger partial charge in [-0.25, -0.2) is 8.78 Å². The first-order valence-electron chi connectivity index (χ1n) is 6.00. The smallest absolute Gasteiger partial charge is 0.227 e. The molecule has 0 radical (unpaired) electrons. The highest BCUT2D eigenvalue weighted by Gasteiger charge is 2.25. The second kappa shape index (κ2) is 5.44. The van der Waals surface area contributed by atoms with Gasteiger partial charge >= 0.3 is 0 Å². The minimum absolute atomic E-state index is 0.165. The molecule has 1 aromatic rings. The van der Waals surface area contributed by atoms with Crippen molar-refractivity contribution in [2.75, 3.05) is 5.32 Å². The first-order chi connectivity index (χ1) is 8.56. The van der Waals surface area contributed by atoms with Gasteiger partial charge in [0.25, 0.3) is 0 Å². The molecule has 0 spiro atoms. The second-order valence-corrected chi connectivity index (χ2v) is 4.62. The molecule has 0 unspecified atom stereocenters. The van der Waals surface area contributed by atoms with Gasteiger partial charge in [0.2, 0.25) is 5.91 Å². The summed E-state index contributed by atoms with van der Waals surface area (Å²) in [5.41, 5.74) is 0.255. The number of anilines is 1. The average Bonchev–Trinajstić information content (AvgIpc) is 2.34. The van der Waals surface area contributed by atoms with Gasteiger partial charge in [0.15, 0.2) is 11.6 Å². The molecule has 18 heavy (non-hydrogen) atoms. The molecule has 1 saturated carbocycles. The molecule has 0 atom stereocenters. The molecule has 1 aliphatic carbocycles. The summed E-state index contributed by atoms with van der Waals surface area (Å²) in [5, 5.41) is 11.9. The second-order valence-electron chi connectivity index (χ2n) is 4.62. The highest BCUT2D eigenvalue weighted by molar-refractivity contribution is 5.92. The molecular weight excluding hydrogens is 240 g/mol. The molecule has 3 nitrogen and oxygen atoms in total. The summed E-state index contributed by atoms with van der Waals surface area (Å²) in [6, 6.07) is 3.27. The number of carbonyl (C=O) groups excluding carboxylic acids is 1. The van der Waals surface area contributed by atoms with Crippen LogP contribution in [-0.4, -0.2) is 17.1 Å². The molecule has 0 heterocycles. The van der Waals surface area contributed by atoms with Crippen LogP contribution in [0.4, 0.5) is 14.5 Å². The fraction of sp³-hybridized carbons (Fsp3) is 0.462. The Morgan fingerprint density at radius 3 is 2.44 bits per heavy atom. The molecule has 0 bridgehead atoms. The lowest BCUT2D eigenvalue weighted by molar-refractivity contribution is -0.121. The van der Waals surface area contributed by atoms with E-state index in [-0.39, 0.29) is 23.6 Å². The Morgan fingerprint density at radius 2 is 1.83 bits per heavy atom. The van der Waals surface area contributed by atoms with Gasteiger partial charge in [-0.1, -0.05) is 0 Å². The molecule has 5 heteroatoms. The zero-order chi connectivity index (χ0) is 13.1. The third-order valence-corrected chi connectivity index (χ3v) is 3.25. The minimum Gasteiger partial charge on any atom is -0.393 e. The predicted molar refractivity (Wildman–Crippen MR) is 63.0 cm³/mol. The van der Waals surface area contributed by atoms with Crippen LogP contribution in [0.1, 0.15) is 25.7 Å². The lowest BCUT2D eigenvalue weighted by Gasteiger charge is -2.24. The first-order valence-corrected chi connectivity index (χ1v) is 6.00. The van der Waals surface area contributed by atoms with Crippen LogP contribution in [0, 0.1) is 17.6 Å². The number of benzene rings is 1. The molecule has 1 fully saturated rings. The quantitative estimate of drug-likeness (QED) is 0.852. The average molecular weight is 255 g/mol. The summed E-state index contributed by atoms with van der Waals surface area (Å²) in [5.74, 6) is -2.28. The van der Waals surface area contributed by atoms with Crippen molar-refractivity contribution in [3.63, 3.8) is 0 Å². The fourth-order valence-electron chi connectivity index (χ4n) is 2.16. The van der Waals surface area contributed by atoms with Crippen molar-refractivity contribution < 1.29 is 18.7 Å². The van der Waals surface area contributed by atoms with Gasteiger partial charge in [-0.2, -0.15) is 0 Å². The minimum atomic E-state index is -0.980.